The Balaban J connectivity index is 1.80. The van der Waals surface area contributed by atoms with E-state index < -0.39 is 17.5 Å². The topological polar surface area (TPSA) is 67.4 Å². The third kappa shape index (κ3) is 5.52. The molecule has 0 fully saturated rings. The van der Waals surface area contributed by atoms with Crippen molar-refractivity contribution in [3.63, 3.8) is 0 Å². The number of hydrogen-bond donors (Lipinski definition) is 2. The Labute approximate surface area is 157 Å². The average molecular weight is 427 g/mol. The van der Waals surface area contributed by atoms with Crippen molar-refractivity contribution in [2.75, 3.05) is 19.0 Å². The molecule has 2 amide bonds. The molecular formula is C18H17BrF2N2O3. The molecule has 0 aliphatic carbocycles. The number of ether oxygens (including phenoxy) is 1. The zero-order chi connectivity index (χ0) is 19.1. The van der Waals surface area contributed by atoms with E-state index in [9.17, 15) is 18.4 Å². The minimum Gasteiger partial charge on any atom is -0.495 e. The van der Waals surface area contributed by atoms with Crippen molar-refractivity contribution in [3.8, 4) is 5.75 Å². The molecule has 2 N–H and O–H groups in total. The van der Waals surface area contributed by atoms with Gasteiger partial charge >= 0.3 is 0 Å². The number of methoxy groups -OCH3 is 1. The van der Waals surface area contributed by atoms with E-state index in [4.69, 9.17) is 4.74 Å². The molecule has 2 rings (SSSR count). The predicted octanol–water partition coefficient (Wildman–Crippen LogP) is 3.88. The molecule has 5 nitrogen and oxygen atoms in total. The van der Waals surface area contributed by atoms with Crippen molar-refractivity contribution in [2.45, 2.75) is 12.8 Å². The monoisotopic (exact) mass is 426 g/mol. The van der Waals surface area contributed by atoms with Gasteiger partial charge in [0.05, 0.1) is 18.4 Å². The van der Waals surface area contributed by atoms with Gasteiger partial charge in [0.15, 0.2) is 0 Å². The lowest BCUT2D eigenvalue weighted by Gasteiger charge is -2.11. The van der Waals surface area contributed by atoms with Gasteiger partial charge in [0, 0.05) is 23.5 Å². The summed E-state index contributed by atoms with van der Waals surface area (Å²) in [4.78, 5) is 23.8. The minimum absolute atomic E-state index is 0.155. The van der Waals surface area contributed by atoms with Crippen LogP contribution in [-0.4, -0.2) is 25.5 Å². The molecule has 0 aliphatic heterocycles. The third-order valence-electron chi connectivity index (χ3n) is 3.48. The van der Waals surface area contributed by atoms with Gasteiger partial charge in [-0.2, -0.15) is 0 Å². The van der Waals surface area contributed by atoms with Gasteiger partial charge in [-0.05, 0) is 36.8 Å². The highest BCUT2D eigenvalue weighted by Crippen LogP contribution is 2.28. The van der Waals surface area contributed by atoms with Crippen LogP contribution in [0.4, 0.5) is 14.5 Å². The highest BCUT2D eigenvalue weighted by Gasteiger charge is 2.12. The van der Waals surface area contributed by atoms with Gasteiger partial charge in [-0.25, -0.2) is 8.78 Å². The Morgan fingerprint density at radius 3 is 2.62 bits per heavy atom. The highest BCUT2D eigenvalue weighted by molar-refractivity contribution is 9.10. The Morgan fingerprint density at radius 2 is 1.92 bits per heavy atom. The number of carbonyl (C=O) groups is 2. The summed E-state index contributed by atoms with van der Waals surface area (Å²) >= 11 is 3.32. The molecule has 26 heavy (non-hydrogen) atoms. The molecule has 0 saturated heterocycles. The number of amides is 2. The van der Waals surface area contributed by atoms with E-state index >= 15 is 0 Å². The average Bonchev–Trinajstić information content (AvgIpc) is 2.58. The summed E-state index contributed by atoms with van der Waals surface area (Å²) in [5.41, 5.74) is 0.291. The highest BCUT2D eigenvalue weighted by atomic mass is 79.9. The molecule has 0 aliphatic rings. The SMILES string of the molecule is COc1ccc(Br)cc1NC(=O)CCCNC(=O)c1ccc(F)cc1F. The van der Waals surface area contributed by atoms with E-state index in [0.717, 1.165) is 16.6 Å². The molecular weight excluding hydrogens is 410 g/mol. The van der Waals surface area contributed by atoms with Gasteiger partial charge in [0.25, 0.3) is 5.91 Å². The molecule has 0 bridgehead atoms. The smallest absolute Gasteiger partial charge is 0.254 e. The van der Waals surface area contributed by atoms with Crippen LogP contribution in [0.15, 0.2) is 40.9 Å². The molecule has 8 heteroatoms. The van der Waals surface area contributed by atoms with Gasteiger partial charge in [-0.3, -0.25) is 9.59 Å². The number of anilines is 1. The summed E-state index contributed by atoms with van der Waals surface area (Å²) in [6.45, 7) is 0.179. The second kappa shape index (κ2) is 9.28. The van der Waals surface area contributed by atoms with E-state index in [1.807, 2.05) is 0 Å². The molecule has 0 radical (unpaired) electrons. The molecule has 0 heterocycles. The molecule has 0 spiro atoms. The molecule has 0 unspecified atom stereocenters. The molecule has 2 aromatic rings. The van der Waals surface area contributed by atoms with Crippen molar-refractivity contribution < 1.29 is 23.1 Å². The Hall–Kier alpha value is -2.48. The van der Waals surface area contributed by atoms with Crippen LogP contribution < -0.4 is 15.4 Å². The summed E-state index contributed by atoms with van der Waals surface area (Å²) in [7, 11) is 1.50. The fourth-order valence-electron chi connectivity index (χ4n) is 2.21. The van der Waals surface area contributed by atoms with Crippen molar-refractivity contribution >= 4 is 33.4 Å². The van der Waals surface area contributed by atoms with Crippen LogP contribution in [0, 0.1) is 11.6 Å². The van der Waals surface area contributed by atoms with E-state index in [1.165, 1.54) is 7.11 Å². The molecule has 0 aromatic heterocycles. The number of nitrogens with one attached hydrogen (secondary N) is 2. The minimum atomic E-state index is -0.929. The zero-order valence-corrected chi connectivity index (χ0v) is 15.5. The van der Waals surface area contributed by atoms with Crippen molar-refractivity contribution in [3.05, 3.63) is 58.1 Å². The Bertz CT molecular complexity index is 815. The Morgan fingerprint density at radius 1 is 1.15 bits per heavy atom. The van der Waals surface area contributed by atoms with Crippen LogP contribution in [0.25, 0.3) is 0 Å². The van der Waals surface area contributed by atoms with Crippen molar-refractivity contribution in [1.29, 1.82) is 0 Å². The van der Waals surface area contributed by atoms with E-state index in [2.05, 4.69) is 26.6 Å². The number of rotatable bonds is 7. The molecule has 2 aromatic carbocycles. The first-order valence-electron chi connectivity index (χ1n) is 7.77. The lowest BCUT2D eigenvalue weighted by Crippen LogP contribution is -2.26. The second-order valence-electron chi connectivity index (χ2n) is 5.38. The van der Waals surface area contributed by atoms with Gasteiger partial charge in [-0.1, -0.05) is 15.9 Å². The standard InChI is InChI=1S/C18H17BrF2N2O3/c1-26-16-7-4-11(19)9-15(16)23-17(24)3-2-8-22-18(25)13-6-5-12(20)10-14(13)21/h4-7,9-10H,2-3,8H2,1H3,(H,22,25)(H,23,24). The quantitative estimate of drug-likeness (QED) is 0.660. The summed E-state index contributed by atoms with van der Waals surface area (Å²) in [6, 6.07) is 7.96. The summed E-state index contributed by atoms with van der Waals surface area (Å²) in [5.74, 6) is -2.05. The summed E-state index contributed by atoms with van der Waals surface area (Å²) < 4.78 is 32.3. The molecule has 0 saturated carbocycles. The number of carbonyl (C=O) groups excluding carboxylic acids is 2. The fourth-order valence-corrected chi connectivity index (χ4v) is 2.57. The van der Waals surface area contributed by atoms with Crippen molar-refractivity contribution in [1.82, 2.24) is 5.32 Å². The normalized spacial score (nSPS) is 10.3. The van der Waals surface area contributed by atoms with Gasteiger partial charge in [-0.15, -0.1) is 0 Å². The lowest BCUT2D eigenvalue weighted by atomic mass is 10.2. The van der Waals surface area contributed by atoms with Crippen LogP contribution in [0.2, 0.25) is 0 Å². The van der Waals surface area contributed by atoms with Crippen molar-refractivity contribution in [2.24, 2.45) is 0 Å². The van der Waals surface area contributed by atoms with Crippen LogP contribution in [-0.2, 0) is 4.79 Å². The fraction of sp³-hybridized carbons (Fsp3) is 0.222. The van der Waals surface area contributed by atoms with Crippen LogP contribution in [0.3, 0.4) is 0 Å². The zero-order valence-electron chi connectivity index (χ0n) is 13.9. The summed E-state index contributed by atoms with van der Waals surface area (Å²) in [6.07, 6.45) is 0.512. The molecule has 0 atom stereocenters. The maximum absolute atomic E-state index is 13.5. The largest absolute Gasteiger partial charge is 0.495 e. The van der Waals surface area contributed by atoms with Crippen LogP contribution >= 0.6 is 15.9 Å². The van der Waals surface area contributed by atoms with Gasteiger partial charge in [0.2, 0.25) is 5.91 Å². The first kappa shape index (κ1) is 19.8. The Kier molecular flexibility index (Phi) is 7.08. The number of benzene rings is 2. The van der Waals surface area contributed by atoms with Crippen LogP contribution in [0.5, 0.6) is 5.75 Å². The van der Waals surface area contributed by atoms with Crippen LogP contribution in [0.1, 0.15) is 23.2 Å². The van der Waals surface area contributed by atoms with E-state index in [0.29, 0.717) is 23.9 Å². The molecule has 138 valence electrons. The predicted molar refractivity (Wildman–Crippen MR) is 97.2 cm³/mol. The maximum Gasteiger partial charge on any atom is 0.254 e. The number of hydrogen-bond acceptors (Lipinski definition) is 3. The summed E-state index contributed by atoms with van der Waals surface area (Å²) in [5, 5.41) is 5.23. The first-order valence-corrected chi connectivity index (χ1v) is 8.56. The first-order chi connectivity index (χ1) is 12.4. The van der Waals surface area contributed by atoms with Gasteiger partial charge in [0.1, 0.15) is 17.4 Å². The lowest BCUT2D eigenvalue weighted by molar-refractivity contribution is -0.116. The van der Waals surface area contributed by atoms with E-state index in [1.54, 1.807) is 18.2 Å². The maximum atomic E-state index is 13.5. The van der Waals surface area contributed by atoms with E-state index in [-0.39, 0.29) is 24.4 Å². The number of halogens is 3. The third-order valence-corrected chi connectivity index (χ3v) is 3.97. The second-order valence-corrected chi connectivity index (χ2v) is 6.29. The van der Waals surface area contributed by atoms with Gasteiger partial charge < -0.3 is 15.4 Å².